The highest BCUT2D eigenvalue weighted by molar-refractivity contribution is 7.98. The molecule has 0 spiro atoms. The van der Waals surface area contributed by atoms with Crippen molar-refractivity contribution in [3.05, 3.63) is 70.5 Å². The Morgan fingerprint density at radius 2 is 1.84 bits per heavy atom. The summed E-state index contributed by atoms with van der Waals surface area (Å²) in [4.78, 5) is 0. The third-order valence-corrected chi connectivity index (χ3v) is 4.89. The van der Waals surface area contributed by atoms with Gasteiger partial charge in [0.15, 0.2) is 5.82 Å². The Morgan fingerprint density at radius 1 is 1.04 bits per heavy atom. The topological polar surface area (TPSA) is 66.0 Å². The van der Waals surface area contributed by atoms with E-state index in [0.29, 0.717) is 17.6 Å². The van der Waals surface area contributed by atoms with Crippen molar-refractivity contribution in [2.75, 3.05) is 5.84 Å². The molecular formula is C19H22N4OS. The van der Waals surface area contributed by atoms with Crippen LogP contribution in [0.1, 0.15) is 28.1 Å². The third kappa shape index (κ3) is 4.33. The van der Waals surface area contributed by atoms with Crippen molar-refractivity contribution in [1.29, 1.82) is 0 Å². The van der Waals surface area contributed by atoms with Gasteiger partial charge in [-0.15, -0.1) is 10.2 Å². The van der Waals surface area contributed by atoms with Gasteiger partial charge in [0.2, 0.25) is 5.16 Å². The van der Waals surface area contributed by atoms with Gasteiger partial charge in [-0.05, 0) is 38.0 Å². The van der Waals surface area contributed by atoms with Crippen LogP contribution in [-0.2, 0) is 12.4 Å². The van der Waals surface area contributed by atoms with Crippen molar-refractivity contribution in [2.45, 2.75) is 38.3 Å². The van der Waals surface area contributed by atoms with E-state index in [0.717, 1.165) is 17.1 Å². The summed E-state index contributed by atoms with van der Waals surface area (Å²) in [6, 6.07) is 14.5. The fraction of sp³-hybridized carbons (Fsp3) is 0.263. The summed E-state index contributed by atoms with van der Waals surface area (Å²) in [5.74, 6) is 8.35. The maximum absolute atomic E-state index is 6.11. The van der Waals surface area contributed by atoms with E-state index in [9.17, 15) is 0 Å². The van der Waals surface area contributed by atoms with Crippen LogP contribution in [0.25, 0.3) is 0 Å². The second-order valence-electron chi connectivity index (χ2n) is 6.10. The molecule has 0 saturated heterocycles. The van der Waals surface area contributed by atoms with Crippen LogP contribution in [0.4, 0.5) is 0 Å². The predicted molar refractivity (Wildman–Crippen MR) is 101 cm³/mol. The minimum absolute atomic E-state index is 0.290. The number of nitrogens with two attached hydrogens (primary N) is 1. The van der Waals surface area contributed by atoms with Gasteiger partial charge in [-0.1, -0.05) is 59.3 Å². The highest BCUT2D eigenvalue weighted by Gasteiger charge is 2.11. The first-order valence-electron chi connectivity index (χ1n) is 8.10. The number of nitrogens with zero attached hydrogens (tertiary/aromatic N) is 3. The van der Waals surface area contributed by atoms with E-state index in [1.807, 2.05) is 19.1 Å². The van der Waals surface area contributed by atoms with E-state index in [1.54, 1.807) is 11.8 Å². The monoisotopic (exact) mass is 354 g/mol. The van der Waals surface area contributed by atoms with E-state index in [2.05, 4.69) is 54.4 Å². The molecule has 0 atom stereocenters. The summed E-state index contributed by atoms with van der Waals surface area (Å²) >= 11 is 1.57. The standard InChI is InChI=1S/C19H22N4OS/c1-13-5-4-6-16(10-13)12-25-19-22-21-18(23(19)20)11-24-17-8-7-14(2)9-15(17)3/h4-10H,11-12,20H2,1-3H3. The molecule has 2 aromatic carbocycles. The number of thioether (sulfide) groups is 1. The third-order valence-electron chi connectivity index (χ3n) is 3.87. The molecule has 2 N–H and O–H groups in total. The predicted octanol–water partition coefficient (Wildman–Crippen LogP) is 3.79. The van der Waals surface area contributed by atoms with Crippen LogP contribution in [0, 0.1) is 20.8 Å². The molecule has 0 aliphatic carbocycles. The number of hydrogen-bond acceptors (Lipinski definition) is 5. The van der Waals surface area contributed by atoms with Crippen LogP contribution in [0.3, 0.4) is 0 Å². The first-order chi connectivity index (χ1) is 12.0. The lowest BCUT2D eigenvalue weighted by atomic mass is 10.1. The Kier molecular flexibility index (Phi) is 5.28. The van der Waals surface area contributed by atoms with Crippen molar-refractivity contribution >= 4 is 11.8 Å². The van der Waals surface area contributed by atoms with Crippen molar-refractivity contribution in [1.82, 2.24) is 14.9 Å². The summed E-state index contributed by atoms with van der Waals surface area (Å²) in [7, 11) is 0. The number of hydrogen-bond donors (Lipinski definition) is 1. The molecule has 0 unspecified atom stereocenters. The molecule has 1 aromatic heterocycles. The lowest BCUT2D eigenvalue weighted by molar-refractivity contribution is 0.289. The zero-order valence-electron chi connectivity index (χ0n) is 14.7. The normalized spacial score (nSPS) is 10.8. The minimum atomic E-state index is 0.290. The molecule has 1 heterocycles. The van der Waals surface area contributed by atoms with Crippen LogP contribution >= 0.6 is 11.8 Å². The molecule has 0 bridgehead atoms. The summed E-state index contributed by atoms with van der Waals surface area (Å²) in [5.41, 5.74) is 4.79. The van der Waals surface area contributed by atoms with Crippen LogP contribution in [0.15, 0.2) is 47.6 Å². The lowest BCUT2D eigenvalue weighted by Gasteiger charge is -2.09. The maximum atomic E-state index is 6.11. The fourth-order valence-electron chi connectivity index (χ4n) is 2.56. The molecule has 0 saturated carbocycles. The largest absolute Gasteiger partial charge is 0.485 e. The van der Waals surface area contributed by atoms with Crippen LogP contribution in [0.5, 0.6) is 5.75 Å². The molecule has 6 heteroatoms. The molecule has 0 amide bonds. The fourth-order valence-corrected chi connectivity index (χ4v) is 3.38. The summed E-state index contributed by atoms with van der Waals surface area (Å²) < 4.78 is 7.34. The van der Waals surface area contributed by atoms with Crippen LogP contribution < -0.4 is 10.6 Å². The van der Waals surface area contributed by atoms with Gasteiger partial charge in [0, 0.05) is 5.75 Å². The quantitative estimate of drug-likeness (QED) is 0.539. The van der Waals surface area contributed by atoms with E-state index in [4.69, 9.17) is 10.6 Å². The molecule has 3 aromatic rings. The van der Waals surface area contributed by atoms with E-state index < -0.39 is 0 Å². The van der Waals surface area contributed by atoms with Gasteiger partial charge in [-0.2, -0.15) is 0 Å². The minimum Gasteiger partial charge on any atom is -0.485 e. The highest BCUT2D eigenvalue weighted by Crippen LogP contribution is 2.22. The molecule has 0 aliphatic rings. The second kappa shape index (κ2) is 7.61. The Bertz CT molecular complexity index is 876. The number of aryl methyl sites for hydroxylation is 3. The Hall–Kier alpha value is -2.47. The number of nitrogen functional groups attached to an aromatic ring is 1. The van der Waals surface area contributed by atoms with Crippen molar-refractivity contribution in [3.8, 4) is 5.75 Å². The zero-order chi connectivity index (χ0) is 17.8. The number of rotatable bonds is 6. The van der Waals surface area contributed by atoms with E-state index in [-0.39, 0.29) is 0 Å². The van der Waals surface area contributed by atoms with Gasteiger partial charge in [-0.3, -0.25) is 0 Å². The molecular weight excluding hydrogens is 332 g/mol. The molecule has 25 heavy (non-hydrogen) atoms. The zero-order valence-corrected chi connectivity index (χ0v) is 15.5. The van der Waals surface area contributed by atoms with Crippen LogP contribution in [0.2, 0.25) is 0 Å². The second-order valence-corrected chi connectivity index (χ2v) is 7.05. The average Bonchev–Trinajstić information content (AvgIpc) is 2.92. The van der Waals surface area contributed by atoms with Crippen LogP contribution in [-0.4, -0.2) is 14.9 Å². The summed E-state index contributed by atoms with van der Waals surface area (Å²) in [6.07, 6.45) is 0. The lowest BCUT2D eigenvalue weighted by Crippen LogP contribution is -2.16. The SMILES string of the molecule is Cc1cccc(CSc2nnc(COc3ccc(C)cc3C)n2N)c1. The molecule has 3 rings (SSSR count). The Balaban J connectivity index is 1.62. The molecule has 0 aliphatic heterocycles. The van der Waals surface area contributed by atoms with Gasteiger partial charge < -0.3 is 10.6 Å². The van der Waals surface area contributed by atoms with E-state index in [1.165, 1.54) is 21.4 Å². The molecule has 130 valence electrons. The maximum Gasteiger partial charge on any atom is 0.210 e. The number of benzene rings is 2. The number of aromatic nitrogens is 3. The first kappa shape index (κ1) is 17.4. The Morgan fingerprint density at radius 3 is 2.60 bits per heavy atom. The van der Waals surface area contributed by atoms with Crippen molar-refractivity contribution in [2.24, 2.45) is 0 Å². The van der Waals surface area contributed by atoms with Gasteiger partial charge >= 0.3 is 0 Å². The number of ether oxygens (including phenoxy) is 1. The average molecular weight is 354 g/mol. The van der Waals surface area contributed by atoms with E-state index >= 15 is 0 Å². The van der Waals surface area contributed by atoms with Crippen molar-refractivity contribution < 1.29 is 4.74 Å². The van der Waals surface area contributed by atoms with Gasteiger partial charge in [0.05, 0.1) is 0 Å². The first-order valence-corrected chi connectivity index (χ1v) is 9.09. The Labute approximate surface area is 152 Å². The van der Waals surface area contributed by atoms with Gasteiger partial charge in [-0.25, -0.2) is 4.68 Å². The van der Waals surface area contributed by atoms with Crippen molar-refractivity contribution in [3.63, 3.8) is 0 Å². The summed E-state index contributed by atoms with van der Waals surface area (Å²) in [6.45, 7) is 6.46. The summed E-state index contributed by atoms with van der Waals surface area (Å²) in [5, 5.41) is 9.00. The highest BCUT2D eigenvalue weighted by atomic mass is 32.2. The smallest absolute Gasteiger partial charge is 0.210 e. The molecule has 0 fully saturated rings. The molecule has 0 radical (unpaired) electrons. The van der Waals surface area contributed by atoms with Gasteiger partial charge in [0.25, 0.3) is 0 Å². The van der Waals surface area contributed by atoms with Gasteiger partial charge in [0.1, 0.15) is 12.4 Å². The molecule has 5 nitrogen and oxygen atoms in total.